The molecule has 3 saturated heterocycles. The Bertz CT molecular complexity index is 850. The van der Waals surface area contributed by atoms with Crippen LogP contribution >= 0.6 is 0 Å². The Morgan fingerprint density at radius 1 is 1.14 bits per heavy atom. The van der Waals surface area contributed by atoms with E-state index in [1.165, 1.54) is 25.9 Å². The van der Waals surface area contributed by atoms with Crippen molar-refractivity contribution in [3.8, 4) is 5.75 Å². The van der Waals surface area contributed by atoms with Crippen LogP contribution < -0.4 is 15.4 Å². The van der Waals surface area contributed by atoms with Crippen molar-refractivity contribution in [1.82, 2.24) is 15.5 Å². The van der Waals surface area contributed by atoms with Gasteiger partial charge in [-0.05, 0) is 69.2 Å². The van der Waals surface area contributed by atoms with Gasteiger partial charge in [-0.3, -0.25) is 9.59 Å². The minimum absolute atomic E-state index is 0.0484. The normalized spacial score (nSPS) is 42.1. The number of carbonyl (C=O) groups excluding carboxylic acids is 2. The highest BCUT2D eigenvalue weighted by atomic mass is 16.5. The maximum atomic E-state index is 13.2. The van der Waals surface area contributed by atoms with Gasteiger partial charge in [-0.25, -0.2) is 0 Å². The molecule has 154 valence electrons. The smallest absolute Gasteiger partial charge is 0.258 e. The Hall–Kier alpha value is -2.08. The molecule has 6 heteroatoms. The molecule has 7 aliphatic rings. The van der Waals surface area contributed by atoms with E-state index in [1.54, 1.807) is 0 Å². The van der Waals surface area contributed by atoms with E-state index in [-0.39, 0.29) is 29.6 Å². The summed E-state index contributed by atoms with van der Waals surface area (Å²) in [7, 11) is 0. The summed E-state index contributed by atoms with van der Waals surface area (Å²) in [6, 6.07) is 7.79. The molecule has 2 N–H and O–H groups in total. The zero-order chi connectivity index (χ0) is 19.6. The molecule has 6 fully saturated rings. The SMILES string of the molecule is O=C1NC2(CC3CCC2CC3C(=O)NC2CN3CCC2CC3)Oc2ccccc21. The topological polar surface area (TPSA) is 70.7 Å². The van der Waals surface area contributed by atoms with Crippen molar-refractivity contribution in [3.63, 3.8) is 0 Å². The zero-order valence-corrected chi connectivity index (χ0v) is 16.7. The van der Waals surface area contributed by atoms with E-state index in [1.807, 2.05) is 24.3 Å². The maximum Gasteiger partial charge on any atom is 0.258 e. The summed E-state index contributed by atoms with van der Waals surface area (Å²) in [5.41, 5.74) is -0.0305. The van der Waals surface area contributed by atoms with Gasteiger partial charge in [0.15, 0.2) is 5.72 Å². The summed E-state index contributed by atoms with van der Waals surface area (Å²) < 4.78 is 6.41. The molecule has 3 aliphatic carbocycles. The van der Waals surface area contributed by atoms with Crippen molar-refractivity contribution in [2.75, 3.05) is 19.6 Å². The molecular weight excluding hydrogens is 366 g/mol. The number of piperidine rings is 3. The quantitative estimate of drug-likeness (QED) is 0.805. The van der Waals surface area contributed by atoms with Crippen LogP contribution in [0.2, 0.25) is 0 Å². The molecule has 4 heterocycles. The number of rotatable bonds is 2. The molecule has 1 aromatic carbocycles. The Morgan fingerprint density at radius 2 is 1.97 bits per heavy atom. The fourth-order valence-corrected chi connectivity index (χ4v) is 6.70. The number of hydrogen-bond donors (Lipinski definition) is 2. The summed E-state index contributed by atoms with van der Waals surface area (Å²) in [5, 5.41) is 6.59. The summed E-state index contributed by atoms with van der Waals surface area (Å²) in [6.45, 7) is 3.38. The standard InChI is InChI=1S/C23H29N3O3/c27-21(24-19-13-26-9-7-14(19)8-10-26)18-11-16-6-5-15(18)12-23(16)25-22(28)17-3-1-2-4-20(17)29-23/h1-4,14-16,18-19H,5-13H2,(H,24,27)(H,25,28). The van der Waals surface area contributed by atoms with Gasteiger partial charge in [0, 0.05) is 30.8 Å². The number of carbonyl (C=O) groups is 2. The molecule has 3 saturated carbocycles. The Balaban J connectivity index is 1.18. The second kappa shape index (κ2) is 6.46. The first-order valence-corrected chi connectivity index (χ1v) is 11.2. The van der Waals surface area contributed by atoms with Gasteiger partial charge in [0.1, 0.15) is 5.75 Å². The lowest BCUT2D eigenvalue weighted by Crippen LogP contribution is -2.67. The Kier molecular flexibility index (Phi) is 3.95. The van der Waals surface area contributed by atoms with E-state index in [9.17, 15) is 9.59 Å². The van der Waals surface area contributed by atoms with Crippen LogP contribution in [0.5, 0.6) is 5.75 Å². The molecule has 4 bridgehead atoms. The van der Waals surface area contributed by atoms with Crippen LogP contribution in [0.15, 0.2) is 24.3 Å². The zero-order valence-electron chi connectivity index (χ0n) is 16.7. The highest BCUT2D eigenvalue weighted by molar-refractivity contribution is 5.98. The molecule has 4 aliphatic heterocycles. The minimum Gasteiger partial charge on any atom is -0.467 e. The Morgan fingerprint density at radius 3 is 2.69 bits per heavy atom. The number of nitrogens with one attached hydrogen (secondary N) is 2. The van der Waals surface area contributed by atoms with E-state index in [4.69, 9.17) is 4.74 Å². The van der Waals surface area contributed by atoms with Gasteiger partial charge < -0.3 is 20.3 Å². The van der Waals surface area contributed by atoms with Crippen LogP contribution in [0, 0.1) is 23.7 Å². The molecule has 8 rings (SSSR count). The third kappa shape index (κ3) is 2.79. The average molecular weight is 396 g/mol. The number of fused-ring (bicyclic) bond motifs is 6. The molecule has 0 aromatic heterocycles. The minimum atomic E-state index is -0.638. The number of hydrogen-bond acceptors (Lipinski definition) is 4. The lowest BCUT2D eigenvalue weighted by Gasteiger charge is -2.55. The Labute approximate surface area is 171 Å². The van der Waals surface area contributed by atoms with Gasteiger partial charge in [-0.1, -0.05) is 12.1 Å². The first kappa shape index (κ1) is 17.8. The molecule has 0 radical (unpaired) electrons. The van der Waals surface area contributed by atoms with E-state index >= 15 is 0 Å². The fourth-order valence-electron chi connectivity index (χ4n) is 6.70. The van der Waals surface area contributed by atoms with Crippen molar-refractivity contribution >= 4 is 11.8 Å². The van der Waals surface area contributed by atoms with Crippen LogP contribution in [0.3, 0.4) is 0 Å². The van der Waals surface area contributed by atoms with Crippen LogP contribution in [0.1, 0.15) is 48.9 Å². The van der Waals surface area contributed by atoms with Gasteiger partial charge >= 0.3 is 0 Å². The highest BCUT2D eigenvalue weighted by Crippen LogP contribution is 2.52. The van der Waals surface area contributed by atoms with Crippen LogP contribution in [0.25, 0.3) is 0 Å². The van der Waals surface area contributed by atoms with Crippen LogP contribution in [-0.2, 0) is 4.79 Å². The first-order chi connectivity index (χ1) is 14.1. The molecular formula is C23H29N3O3. The number of benzene rings is 1. The number of amides is 2. The summed E-state index contributed by atoms with van der Waals surface area (Å²) in [6.07, 6.45) is 6.02. The van der Waals surface area contributed by atoms with Crippen molar-refractivity contribution in [3.05, 3.63) is 29.8 Å². The lowest BCUT2D eigenvalue weighted by atomic mass is 9.59. The van der Waals surface area contributed by atoms with Gasteiger partial charge in [-0.2, -0.15) is 0 Å². The first-order valence-electron chi connectivity index (χ1n) is 11.2. The molecule has 5 atom stereocenters. The van der Waals surface area contributed by atoms with Crippen molar-refractivity contribution in [1.29, 1.82) is 0 Å². The second-order valence-corrected chi connectivity index (χ2v) is 9.78. The molecule has 2 amide bonds. The third-order valence-corrected chi connectivity index (χ3v) is 8.29. The van der Waals surface area contributed by atoms with Crippen LogP contribution in [0.4, 0.5) is 0 Å². The molecule has 29 heavy (non-hydrogen) atoms. The number of nitrogens with zero attached hydrogens (tertiary/aromatic N) is 1. The van der Waals surface area contributed by atoms with Gasteiger partial charge in [0.05, 0.1) is 5.56 Å². The van der Waals surface area contributed by atoms with E-state index < -0.39 is 5.72 Å². The lowest BCUT2D eigenvalue weighted by molar-refractivity contribution is -0.148. The highest BCUT2D eigenvalue weighted by Gasteiger charge is 2.57. The van der Waals surface area contributed by atoms with Gasteiger partial charge in [-0.15, -0.1) is 0 Å². The van der Waals surface area contributed by atoms with Crippen molar-refractivity contribution < 1.29 is 14.3 Å². The second-order valence-electron chi connectivity index (χ2n) is 9.78. The average Bonchev–Trinajstić information content (AvgIpc) is 2.75. The van der Waals surface area contributed by atoms with Crippen molar-refractivity contribution in [2.24, 2.45) is 23.7 Å². The summed E-state index contributed by atoms with van der Waals surface area (Å²) >= 11 is 0. The predicted molar refractivity (Wildman–Crippen MR) is 107 cm³/mol. The molecule has 1 aromatic rings. The number of ether oxygens (including phenoxy) is 1. The van der Waals surface area contributed by atoms with Crippen LogP contribution in [-0.4, -0.2) is 48.1 Å². The van der Waals surface area contributed by atoms with Gasteiger partial charge in [0.25, 0.3) is 5.91 Å². The fraction of sp³-hybridized carbons (Fsp3) is 0.652. The molecule has 6 nitrogen and oxygen atoms in total. The number of para-hydroxylation sites is 1. The van der Waals surface area contributed by atoms with Gasteiger partial charge in [0.2, 0.25) is 5.91 Å². The predicted octanol–water partition coefficient (Wildman–Crippen LogP) is 2.15. The maximum absolute atomic E-state index is 13.2. The largest absolute Gasteiger partial charge is 0.467 e. The molecule has 1 spiro atoms. The van der Waals surface area contributed by atoms with E-state index in [0.29, 0.717) is 23.3 Å². The van der Waals surface area contributed by atoms with E-state index in [2.05, 4.69) is 15.5 Å². The van der Waals surface area contributed by atoms with E-state index in [0.717, 1.165) is 32.2 Å². The third-order valence-electron chi connectivity index (χ3n) is 8.29. The molecule has 5 unspecified atom stereocenters. The summed E-state index contributed by atoms with van der Waals surface area (Å²) in [5.74, 6) is 2.01. The summed E-state index contributed by atoms with van der Waals surface area (Å²) in [4.78, 5) is 28.4. The van der Waals surface area contributed by atoms with Crippen molar-refractivity contribution in [2.45, 2.75) is 50.3 Å². The monoisotopic (exact) mass is 395 g/mol.